The van der Waals surface area contributed by atoms with Gasteiger partial charge in [-0.1, -0.05) is 60.7 Å². The van der Waals surface area contributed by atoms with Gasteiger partial charge in [-0.2, -0.15) is 16.8 Å². The zero-order chi connectivity index (χ0) is 18.2. The van der Waals surface area contributed by atoms with E-state index in [0.717, 1.165) is 0 Å². The summed E-state index contributed by atoms with van der Waals surface area (Å²) >= 11 is 0. The predicted octanol–water partition coefficient (Wildman–Crippen LogP) is 0.385. The largest absolute Gasteiger partial charge is 0.304 e. The van der Waals surface area contributed by atoms with Gasteiger partial charge in [0.2, 0.25) is 9.74 Å². The van der Waals surface area contributed by atoms with Crippen LogP contribution >= 0.6 is 0 Å². The molecule has 2 aromatic carbocycles. The third kappa shape index (κ3) is 2.62. The normalized spacial score (nSPS) is 17.7. The minimum absolute atomic E-state index is 0.309. The predicted molar refractivity (Wildman–Crippen MR) is 87.7 cm³/mol. The Morgan fingerprint density at radius 3 is 1.08 bits per heavy atom. The van der Waals surface area contributed by atoms with Gasteiger partial charge in [-0.15, -0.1) is 0 Å². The van der Waals surface area contributed by atoms with Crippen molar-refractivity contribution in [2.45, 2.75) is 9.74 Å². The molecule has 2 rings (SSSR count). The molecule has 6 N–H and O–H groups in total. The SMILES string of the molecule is N[C@](c1ccccc1)([C@](N)(c1ccccc1)S(=O)(=O)O)S(=O)(=O)O. The molecule has 0 unspecified atom stereocenters. The van der Waals surface area contributed by atoms with Crippen molar-refractivity contribution in [2.24, 2.45) is 11.5 Å². The van der Waals surface area contributed by atoms with Crippen LogP contribution in [0.3, 0.4) is 0 Å². The molecule has 0 amide bonds. The van der Waals surface area contributed by atoms with Gasteiger partial charge >= 0.3 is 0 Å². The lowest BCUT2D eigenvalue weighted by Crippen LogP contribution is -2.68. The molecule has 10 heteroatoms. The minimum atomic E-state index is -5.29. The van der Waals surface area contributed by atoms with Gasteiger partial charge in [0.15, 0.2) is 0 Å². The van der Waals surface area contributed by atoms with Crippen molar-refractivity contribution in [2.75, 3.05) is 0 Å². The summed E-state index contributed by atoms with van der Waals surface area (Å²) in [4.78, 5) is -6.12. The second-order valence-electron chi connectivity index (χ2n) is 5.15. The first kappa shape index (κ1) is 18.5. The van der Waals surface area contributed by atoms with Gasteiger partial charge in [0.1, 0.15) is 0 Å². The van der Waals surface area contributed by atoms with Crippen molar-refractivity contribution in [1.82, 2.24) is 0 Å². The van der Waals surface area contributed by atoms with Crippen LogP contribution in [0.25, 0.3) is 0 Å². The van der Waals surface area contributed by atoms with Crippen molar-refractivity contribution < 1.29 is 25.9 Å². The smallest absolute Gasteiger partial charge is 0.291 e. The molecule has 0 radical (unpaired) electrons. The molecule has 0 aliphatic carbocycles. The molecule has 0 saturated heterocycles. The third-order valence-electron chi connectivity index (χ3n) is 3.77. The summed E-state index contributed by atoms with van der Waals surface area (Å²) < 4.78 is 67.9. The van der Waals surface area contributed by atoms with E-state index in [2.05, 4.69) is 0 Å². The standard InChI is InChI=1S/C14H16N2O6S2/c15-13(23(17,18)19,11-7-3-1-4-8-11)14(16,24(20,21)22)12-9-5-2-6-10-12/h1-10H,15-16H2,(H,17,18,19)(H,20,21,22)/t13-,14-/m0/s1. The van der Waals surface area contributed by atoms with Gasteiger partial charge in [0, 0.05) is 0 Å². The molecule has 0 heterocycles. The molecule has 0 spiro atoms. The van der Waals surface area contributed by atoms with Crippen LogP contribution in [0, 0.1) is 0 Å². The van der Waals surface area contributed by atoms with Gasteiger partial charge in [0.05, 0.1) is 0 Å². The van der Waals surface area contributed by atoms with Crippen molar-refractivity contribution in [3.05, 3.63) is 71.8 Å². The van der Waals surface area contributed by atoms with Gasteiger partial charge in [-0.05, 0) is 11.1 Å². The quantitative estimate of drug-likeness (QED) is 0.548. The van der Waals surface area contributed by atoms with E-state index in [4.69, 9.17) is 11.5 Å². The fourth-order valence-corrected chi connectivity index (χ4v) is 4.98. The number of hydrogen-bond acceptors (Lipinski definition) is 6. The molecule has 0 saturated carbocycles. The molecular formula is C14H16N2O6S2. The molecule has 130 valence electrons. The summed E-state index contributed by atoms with van der Waals surface area (Å²) in [6.07, 6.45) is 0. The fraction of sp³-hybridized carbons (Fsp3) is 0.143. The topological polar surface area (TPSA) is 161 Å². The second-order valence-corrected chi connectivity index (χ2v) is 8.34. The Hall–Kier alpha value is -1.82. The van der Waals surface area contributed by atoms with Crippen LogP contribution in [-0.4, -0.2) is 25.9 Å². The van der Waals surface area contributed by atoms with Gasteiger partial charge < -0.3 is 11.5 Å². The van der Waals surface area contributed by atoms with E-state index in [0.29, 0.717) is 0 Å². The van der Waals surface area contributed by atoms with Gasteiger partial charge in [-0.25, -0.2) is 0 Å². The van der Waals surface area contributed by atoms with E-state index in [1.54, 1.807) is 0 Å². The van der Waals surface area contributed by atoms with Crippen LogP contribution in [0.4, 0.5) is 0 Å². The molecule has 0 fully saturated rings. The fourth-order valence-electron chi connectivity index (χ4n) is 2.48. The Labute approximate surface area is 139 Å². The summed E-state index contributed by atoms with van der Waals surface area (Å²) in [5.74, 6) is 0. The summed E-state index contributed by atoms with van der Waals surface area (Å²) in [7, 11) is -10.6. The van der Waals surface area contributed by atoms with E-state index in [1.807, 2.05) is 0 Å². The van der Waals surface area contributed by atoms with Gasteiger partial charge in [0.25, 0.3) is 20.2 Å². The Kier molecular flexibility index (Phi) is 4.57. The Morgan fingerprint density at radius 1 is 0.625 bits per heavy atom. The van der Waals surface area contributed by atoms with Crippen molar-refractivity contribution in [3.63, 3.8) is 0 Å². The lowest BCUT2D eigenvalue weighted by Gasteiger charge is -2.41. The highest BCUT2D eigenvalue weighted by molar-refractivity contribution is 7.91. The Balaban J connectivity index is 2.99. The first-order valence-corrected chi connectivity index (χ1v) is 9.47. The van der Waals surface area contributed by atoms with Crippen LogP contribution in [0.1, 0.15) is 11.1 Å². The molecule has 0 aliphatic rings. The second kappa shape index (κ2) is 5.92. The summed E-state index contributed by atoms with van der Waals surface area (Å²) in [5.41, 5.74) is 11.2. The molecular weight excluding hydrogens is 356 g/mol. The third-order valence-corrected chi connectivity index (χ3v) is 6.64. The van der Waals surface area contributed by atoms with Crippen molar-refractivity contribution >= 4 is 20.2 Å². The van der Waals surface area contributed by atoms with Crippen LogP contribution in [0.15, 0.2) is 60.7 Å². The zero-order valence-electron chi connectivity index (χ0n) is 12.3. The maximum absolute atomic E-state index is 12.1. The van der Waals surface area contributed by atoms with Crippen LogP contribution in [0.5, 0.6) is 0 Å². The lowest BCUT2D eigenvalue weighted by molar-refractivity contribution is 0.330. The zero-order valence-corrected chi connectivity index (χ0v) is 13.9. The number of benzene rings is 2. The first-order valence-electron chi connectivity index (χ1n) is 6.59. The maximum Gasteiger partial charge on any atom is 0.291 e. The Morgan fingerprint density at radius 2 is 0.875 bits per heavy atom. The van der Waals surface area contributed by atoms with E-state index in [1.165, 1.54) is 60.7 Å². The first-order chi connectivity index (χ1) is 11.0. The number of hydrogen-bond donors (Lipinski definition) is 4. The molecule has 0 aromatic heterocycles. The molecule has 8 nitrogen and oxygen atoms in total. The molecule has 0 aliphatic heterocycles. The summed E-state index contributed by atoms with van der Waals surface area (Å²) in [5, 5.41) is 0. The van der Waals surface area contributed by atoms with E-state index >= 15 is 0 Å². The maximum atomic E-state index is 12.1. The highest BCUT2D eigenvalue weighted by Crippen LogP contribution is 2.43. The van der Waals surface area contributed by atoms with Crippen molar-refractivity contribution in [1.29, 1.82) is 0 Å². The van der Waals surface area contributed by atoms with E-state index in [-0.39, 0.29) is 11.1 Å². The van der Waals surface area contributed by atoms with Crippen LogP contribution < -0.4 is 11.5 Å². The minimum Gasteiger partial charge on any atom is -0.304 e. The molecule has 2 atom stereocenters. The summed E-state index contributed by atoms with van der Waals surface area (Å²) in [6, 6.07) is 13.3. The van der Waals surface area contributed by atoms with E-state index < -0.39 is 30.0 Å². The van der Waals surface area contributed by atoms with Crippen molar-refractivity contribution in [3.8, 4) is 0 Å². The van der Waals surface area contributed by atoms with Gasteiger partial charge in [-0.3, -0.25) is 9.11 Å². The average molecular weight is 372 g/mol. The monoisotopic (exact) mass is 372 g/mol. The summed E-state index contributed by atoms with van der Waals surface area (Å²) in [6.45, 7) is 0. The average Bonchev–Trinajstić information content (AvgIpc) is 2.52. The number of nitrogens with two attached hydrogens (primary N) is 2. The lowest BCUT2D eigenvalue weighted by atomic mass is 9.93. The molecule has 24 heavy (non-hydrogen) atoms. The van der Waals surface area contributed by atoms with Crippen LogP contribution in [0.2, 0.25) is 0 Å². The molecule has 0 bridgehead atoms. The van der Waals surface area contributed by atoms with E-state index in [9.17, 15) is 25.9 Å². The molecule has 2 aromatic rings. The number of rotatable bonds is 5. The highest BCUT2D eigenvalue weighted by Gasteiger charge is 2.64. The Bertz CT molecular complexity index is 852. The highest BCUT2D eigenvalue weighted by atomic mass is 32.2. The van der Waals surface area contributed by atoms with Crippen LogP contribution in [-0.2, 0) is 30.0 Å².